The van der Waals surface area contributed by atoms with Crippen molar-refractivity contribution in [3.05, 3.63) is 29.8 Å². The highest BCUT2D eigenvalue weighted by atomic mass is 33.1. The molecule has 0 aromatic heterocycles. The Morgan fingerprint density at radius 1 is 1.22 bits per heavy atom. The minimum Gasteiger partial charge on any atom is -0.303 e. The maximum absolute atomic E-state index is 12.2. The Balaban J connectivity index is 2.06. The summed E-state index contributed by atoms with van der Waals surface area (Å²) in [6.45, 7) is 1.95. The average Bonchev–Trinajstić information content (AvgIpc) is 3.08. The molecule has 2 rings (SSSR count). The number of nitrogens with zero attached hydrogens (tertiary/aromatic N) is 1. The molecular weight excluding hydrogens is 266 g/mol. The number of hydrogen-bond acceptors (Lipinski definition) is 4. The van der Waals surface area contributed by atoms with E-state index in [0.29, 0.717) is 10.6 Å². The Kier molecular flexibility index (Phi) is 3.76. The first-order valence-electron chi connectivity index (χ1n) is 5.99. The highest BCUT2D eigenvalue weighted by molar-refractivity contribution is 8.72. The molecule has 1 saturated carbocycles. The molecule has 0 bridgehead atoms. The fraction of sp³-hybridized carbons (Fsp3) is 0.538. The summed E-state index contributed by atoms with van der Waals surface area (Å²) in [5, 5.41) is 0. The van der Waals surface area contributed by atoms with E-state index in [1.165, 1.54) is 0 Å². The second-order valence-electron chi connectivity index (χ2n) is 5.15. The Labute approximate surface area is 113 Å². The van der Waals surface area contributed by atoms with Gasteiger partial charge in [-0.1, -0.05) is 17.7 Å². The van der Waals surface area contributed by atoms with Gasteiger partial charge in [-0.15, -0.1) is 0 Å². The number of aryl methyl sites for hydroxylation is 1. The van der Waals surface area contributed by atoms with E-state index in [4.69, 9.17) is 0 Å². The predicted octanol–water partition coefficient (Wildman–Crippen LogP) is 2.51. The van der Waals surface area contributed by atoms with E-state index in [0.717, 1.165) is 29.2 Å². The molecule has 5 heteroatoms. The van der Waals surface area contributed by atoms with Crippen molar-refractivity contribution in [1.29, 1.82) is 0 Å². The molecule has 1 fully saturated rings. The molecule has 0 aliphatic heterocycles. The summed E-state index contributed by atoms with van der Waals surface area (Å²) in [6, 6.07) is 7.05. The summed E-state index contributed by atoms with van der Waals surface area (Å²) in [6.07, 6.45) is 2.19. The van der Waals surface area contributed by atoms with Crippen molar-refractivity contribution in [2.75, 3.05) is 19.8 Å². The van der Waals surface area contributed by atoms with Crippen LogP contribution in [0.25, 0.3) is 0 Å². The lowest BCUT2D eigenvalue weighted by Crippen LogP contribution is -2.32. The van der Waals surface area contributed by atoms with Crippen molar-refractivity contribution in [2.45, 2.75) is 30.2 Å². The van der Waals surface area contributed by atoms with E-state index < -0.39 is 8.87 Å². The van der Waals surface area contributed by atoms with Crippen LogP contribution in [0.3, 0.4) is 0 Å². The average molecular weight is 285 g/mol. The standard InChI is InChI=1S/C13H19NO2S2/c1-11-4-6-12(7-5-11)18(15,16)17-10-13(8-9-13)14(2)3/h4-7H,8-10H2,1-3H3. The van der Waals surface area contributed by atoms with Gasteiger partial charge >= 0.3 is 0 Å². The van der Waals surface area contributed by atoms with Crippen molar-refractivity contribution in [3.63, 3.8) is 0 Å². The highest BCUT2D eigenvalue weighted by Crippen LogP contribution is 2.44. The smallest absolute Gasteiger partial charge is 0.230 e. The van der Waals surface area contributed by atoms with Crippen LogP contribution in [-0.4, -0.2) is 38.7 Å². The maximum atomic E-state index is 12.2. The van der Waals surface area contributed by atoms with Crippen molar-refractivity contribution in [1.82, 2.24) is 4.90 Å². The van der Waals surface area contributed by atoms with Gasteiger partial charge < -0.3 is 4.90 Å². The van der Waals surface area contributed by atoms with Gasteiger partial charge in [0.05, 0.1) is 4.90 Å². The summed E-state index contributed by atoms with van der Waals surface area (Å²) in [5.74, 6) is 0.649. The van der Waals surface area contributed by atoms with Crippen LogP contribution in [0, 0.1) is 6.92 Å². The molecule has 1 aliphatic rings. The molecule has 0 radical (unpaired) electrons. The molecule has 0 heterocycles. The van der Waals surface area contributed by atoms with Crippen LogP contribution in [0.4, 0.5) is 0 Å². The topological polar surface area (TPSA) is 37.4 Å². The van der Waals surface area contributed by atoms with Crippen LogP contribution in [-0.2, 0) is 8.87 Å². The molecule has 0 amide bonds. The van der Waals surface area contributed by atoms with Gasteiger partial charge in [-0.05, 0) is 56.8 Å². The Morgan fingerprint density at radius 2 is 1.78 bits per heavy atom. The zero-order valence-corrected chi connectivity index (χ0v) is 12.6. The fourth-order valence-corrected chi connectivity index (χ4v) is 5.22. The first-order chi connectivity index (χ1) is 8.36. The van der Waals surface area contributed by atoms with Crippen LogP contribution >= 0.6 is 10.8 Å². The lowest BCUT2D eigenvalue weighted by Gasteiger charge is -2.22. The number of benzene rings is 1. The van der Waals surface area contributed by atoms with Gasteiger partial charge in [0, 0.05) is 11.3 Å². The normalized spacial score (nSPS) is 18.0. The van der Waals surface area contributed by atoms with Gasteiger partial charge in [-0.25, -0.2) is 8.42 Å². The van der Waals surface area contributed by atoms with E-state index >= 15 is 0 Å². The Bertz CT molecular complexity index is 516. The van der Waals surface area contributed by atoms with Gasteiger partial charge in [0.15, 0.2) is 0 Å². The number of hydrogen-bond donors (Lipinski definition) is 0. The molecular formula is C13H19NO2S2. The largest absolute Gasteiger partial charge is 0.303 e. The highest BCUT2D eigenvalue weighted by Gasteiger charge is 2.45. The minimum atomic E-state index is -3.21. The lowest BCUT2D eigenvalue weighted by molar-refractivity contribution is 0.299. The summed E-state index contributed by atoms with van der Waals surface area (Å²) in [7, 11) is 1.89. The molecule has 18 heavy (non-hydrogen) atoms. The second-order valence-corrected chi connectivity index (χ2v) is 9.08. The first-order valence-corrected chi connectivity index (χ1v) is 8.98. The molecule has 0 spiro atoms. The van der Waals surface area contributed by atoms with Crippen molar-refractivity contribution < 1.29 is 8.42 Å². The fourth-order valence-electron chi connectivity index (χ4n) is 1.83. The maximum Gasteiger partial charge on any atom is 0.230 e. The van der Waals surface area contributed by atoms with E-state index in [2.05, 4.69) is 4.90 Å². The molecule has 0 N–H and O–H groups in total. The third-order valence-electron chi connectivity index (χ3n) is 3.57. The van der Waals surface area contributed by atoms with Gasteiger partial charge in [0.1, 0.15) is 0 Å². The summed E-state index contributed by atoms with van der Waals surface area (Å²) >= 11 is 0. The first kappa shape index (κ1) is 13.9. The van der Waals surface area contributed by atoms with Crippen LogP contribution in [0.15, 0.2) is 29.2 Å². The van der Waals surface area contributed by atoms with Gasteiger partial charge in [-0.3, -0.25) is 0 Å². The van der Waals surface area contributed by atoms with E-state index in [1.54, 1.807) is 12.1 Å². The van der Waals surface area contributed by atoms with E-state index in [1.807, 2.05) is 33.2 Å². The molecule has 0 unspecified atom stereocenters. The third-order valence-corrected chi connectivity index (χ3v) is 7.25. The van der Waals surface area contributed by atoms with Crippen molar-refractivity contribution in [2.24, 2.45) is 0 Å². The summed E-state index contributed by atoms with van der Waals surface area (Å²) in [5.41, 5.74) is 1.17. The minimum absolute atomic E-state index is 0.0996. The molecule has 100 valence electrons. The van der Waals surface area contributed by atoms with Gasteiger partial charge in [-0.2, -0.15) is 0 Å². The third kappa shape index (κ3) is 2.90. The van der Waals surface area contributed by atoms with Crippen molar-refractivity contribution in [3.8, 4) is 0 Å². The number of rotatable bonds is 5. The molecule has 3 nitrogen and oxygen atoms in total. The van der Waals surface area contributed by atoms with Crippen LogP contribution in [0.5, 0.6) is 0 Å². The summed E-state index contributed by atoms with van der Waals surface area (Å²) in [4.78, 5) is 2.55. The predicted molar refractivity (Wildman–Crippen MR) is 76.5 cm³/mol. The van der Waals surface area contributed by atoms with Crippen molar-refractivity contribution >= 4 is 19.7 Å². The SMILES string of the molecule is Cc1ccc(S(=O)(=O)SCC2(N(C)C)CC2)cc1. The Hall–Kier alpha value is -0.520. The zero-order valence-electron chi connectivity index (χ0n) is 11.0. The van der Waals surface area contributed by atoms with Crippen LogP contribution in [0.1, 0.15) is 18.4 Å². The van der Waals surface area contributed by atoms with E-state index in [9.17, 15) is 8.42 Å². The Morgan fingerprint density at radius 3 is 2.22 bits per heavy atom. The molecule has 0 atom stereocenters. The van der Waals surface area contributed by atoms with Gasteiger partial charge in [0.25, 0.3) is 0 Å². The summed E-state index contributed by atoms with van der Waals surface area (Å²) < 4.78 is 24.4. The molecule has 1 aromatic carbocycles. The molecule has 1 aliphatic carbocycles. The second kappa shape index (κ2) is 4.87. The zero-order chi connectivity index (χ0) is 13.4. The van der Waals surface area contributed by atoms with Gasteiger partial charge in [0.2, 0.25) is 8.87 Å². The van der Waals surface area contributed by atoms with Crippen LogP contribution < -0.4 is 0 Å². The monoisotopic (exact) mass is 285 g/mol. The quantitative estimate of drug-likeness (QED) is 0.779. The lowest BCUT2D eigenvalue weighted by atomic mass is 10.2. The van der Waals surface area contributed by atoms with Crippen LogP contribution in [0.2, 0.25) is 0 Å². The van der Waals surface area contributed by atoms with E-state index in [-0.39, 0.29) is 5.54 Å². The molecule has 0 saturated heterocycles. The molecule has 1 aromatic rings.